The van der Waals surface area contributed by atoms with Gasteiger partial charge in [-0.05, 0) is 29.8 Å². The molecule has 0 fully saturated rings. The van der Waals surface area contributed by atoms with Crippen LogP contribution < -0.4 is 9.47 Å². The summed E-state index contributed by atoms with van der Waals surface area (Å²) in [6.45, 7) is 0. The first-order chi connectivity index (χ1) is 12.3. The van der Waals surface area contributed by atoms with Crippen LogP contribution in [0.3, 0.4) is 0 Å². The van der Waals surface area contributed by atoms with Crippen LogP contribution in [-0.2, 0) is 0 Å². The van der Waals surface area contributed by atoms with Gasteiger partial charge < -0.3 is 9.47 Å². The highest BCUT2D eigenvalue weighted by molar-refractivity contribution is 5.84. The zero-order chi connectivity index (χ0) is 17.1. The zero-order valence-electron chi connectivity index (χ0n) is 13.6. The van der Waals surface area contributed by atoms with Crippen LogP contribution in [0.15, 0.2) is 73.2 Å². The minimum absolute atomic E-state index is 0.287. The number of rotatable bonds is 4. The van der Waals surface area contributed by atoms with Gasteiger partial charge in [-0.1, -0.05) is 30.3 Å². The summed E-state index contributed by atoms with van der Waals surface area (Å²) in [7, 11) is 1.65. The quantitative estimate of drug-likeness (QED) is 0.552. The number of methoxy groups -OCH3 is 1. The van der Waals surface area contributed by atoms with Crippen LogP contribution in [0, 0.1) is 0 Å². The molecule has 0 aliphatic rings. The van der Waals surface area contributed by atoms with Crippen molar-refractivity contribution in [1.82, 2.24) is 15.0 Å². The van der Waals surface area contributed by atoms with E-state index in [1.807, 2.05) is 54.6 Å². The molecular weight excluding hydrogens is 314 g/mol. The third-order valence-electron chi connectivity index (χ3n) is 3.85. The van der Waals surface area contributed by atoms with Gasteiger partial charge in [0.2, 0.25) is 0 Å². The number of fused-ring (bicyclic) bond motifs is 1. The van der Waals surface area contributed by atoms with Gasteiger partial charge in [-0.3, -0.25) is 4.98 Å². The van der Waals surface area contributed by atoms with Crippen LogP contribution in [0.1, 0.15) is 0 Å². The van der Waals surface area contributed by atoms with E-state index in [1.165, 1.54) is 0 Å². The van der Waals surface area contributed by atoms with Crippen molar-refractivity contribution in [3.63, 3.8) is 0 Å². The van der Waals surface area contributed by atoms with Gasteiger partial charge in [-0.15, -0.1) is 0 Å². The second kappa shape index (κ2) is 6.57. The number of benzene rings is 2. The Labute approximate surface area is 144 Å². The summed E-state index contributed by atoms with van der Waals surface area (Å²) >= 11 is 0. The molecule has 0 saturated carbocycles. The van der Waals surface area contributed by atoms with Gasteiger partial charge in [-0.25, -0.2) is 9.97 Å². The molecule has 0 amide bonds. The Balaban J connectivity index is 1.59. The monoisotopic (exact) mass is 329 g/mol. The first-order valence-electron chi connectivity index (χ1n) is 7.81. The number of hydrogen-bond acceptors (Lipinski definition) is 5. The lowest BCUT2D eigenvalue weighted by molar-refractivity contribution is 0.415. The Morgan fingerprint density at radius 2 is 1.52 bits per heavy atom. The maximum Gasteiger partial charge on any atom is 0.321 e. The summed E-state index contributed by atoms with van der Waals surface area (Å²) in [4.78, 5) is 13.0. The van der Waals surface area contributed by atoms with Crippen molar-refractivity contribution < 1.29 is 9.47 Å². The van der Waals surface area contributed by atoms with Crippen molar-refractivity contribution in [3.8, 4) is 28.6 Å². The van der Waals surface area contributed by atoms with Gasteiger partial charge in [0.05, 0.1) is 7.11 Å². The van der Waals surface area contributed by atoms with Gasteiger partial charge in [0.15, 0.2) is 5.75 Å². The molecule has 0 bridgehead atoms. The van der Waals surface area contributed by atoms with Crippen LogP contribution in [0.5, 0.6) is 17.5 Å². The second-order valence-electron chi connectivity index (χ2n) is 5.42. The highest BCUT2D eigenvalue weighted by Gasteiger charge is 2.07. The van der Waals surface area contributed by atoms with E-state index in [-0.39, 0.29) is 6.01 Å². The molecule has 4 rings (SSSR count). The lowest BCUT2D eigenvalue weighted by Gasteiger charge is -2.07. The van der Waals surface area contributed by atoms with E-state index in [0.717, 1.165) is 27.8 Å². The Kier molecular flexibility index (Phi) is 3.96. The molecule has 122 valence electrons. The van der Waals surface area contributed by atoms with Gasteiger partial charge >= 0.3 is 6.01 Å². The molecule has 2 aromatic carbocycles. The standard InChI is InChI=1S/C20H15N3O2/c1-24-17-9-7-14(8-10-17)16-12-22-20(23-13-16)25-18-6-2-4-15-5-3-11-21-19(15)18/h2-13H,1H3. The maximum absolute atomic E-state index is 5.81. The normalized spacial score (nSPS) is 10.6. The number of ether oxygens (including phenoxy) is 2. The minimum atomic E-state index is 0.287. The summed E-state index contributed by atoms with van der Waals surface area (Å²) < 4.78 is 11.0. The fourth-order valence-electron chi connectivity index (χ4n) is 2.56. The molecule has 0 aliphatic carbocycles. The summed E-state index contributed by atoms with van der Waals surface area (Å²) in [6.07, 6.45) is 5.22. The van der Waals surface area contributed by atoms with Crippen molar-refractivity contribution in [2.75, 3.05) is 7.11 Å². The third-order valence-corrected chi connectivity index (χ3v) is 3.85. The average molecular weight is 329 g/mol. The molecule has 0 radical (unpaired) electrons. The summed E-state index contributed by atoms with van der Waals surface area (Å²) in [6, 6.07) is 17.7. The van der Waals surface area contributed by atoms with Crippen LogP contribution in [0.25, 0.3) is 22.0 Å². The summed E-state index contributed by atoms with van der Waals surface area (Å²) in [5, 5.41) is 1.01. The first-order valence-corrected chi connectivity index (χ1v) is 7.81. The van der Waals surface area contributed by atoms with E-state index in [4.69, 9.17) is 9.47 Å². The fourth-order valence-corrected chi connectivity index (χ4v) is 2.56. The molecule has 0 saturated heterocycles. The Hall–Kier alpha value is -3.47. The number of hydrogen-bond donors (Lipinski definition) is 0. The number of aromatic nitrogens is 3. The van der Waals surface area contributed by atoms with Crippen molar-refractivity contribution in [2.24, 2.45) is 0 Å². The molecule has 4 aromatic rings. The molecule has 0 aliphatic heterocycles. The SMILES string of the molecule is COc1ccc(-c2cnc(Oc3cccc4cccnc34)nc2)cc1. The highest BCUT2D eigenvalue weighted by atomic mass is 16.5. The molecule has 0 unspecified atom stereocenters. The highest BCUT2D eigenvalue weighted by Crippen LogP contribution is 2.27. The second-order valence-corrected chi connectivity index (χ2v) is 5.42. The van der Waals surface area contributed by atoms with E-state index < -0.39 is 0 Å². The van der Waals surface area contributed by atoms with E-state index >= 15 is 0 Å². The Morgan fingerprint density at radius 1 is 0.760 bits per heavy atom. The number of pyridine rings is 1. The number of para-hydroxylation sites is 1. The molecule has 5 nitrogen and oxygen atoms in total. The molecule has 25 heavy (non-hydrogen) atoms. The molecule has 0 N–H and O–H groups in total. The number of nitrogens with zero attached hydrogens (tertiary/aromatic N) is 3. The van der Waals surface area contributed by atoms with Gasteiger partial charge in [0.1, 0.15) is 11.3 Å². The van der Waals surface area contributed by atoms with Gasteiger partial charge in [0, 0.05) is 29.5 Å². The van der Waals surface area contributed by atoms with Gasteiger partial charge in [0.25, 0.3) is 0 Å². The Bertz CT molecular complexity index is 994. The van der Waals surface area contributed by atoms with Crippen LogP contribution in [0.2, 0.25) is 0 Å². The smallest absolute Gasteiger partial charge is 0.321 e. The van der Waals surface area contributed by atoms with Crippen LogP contribution in [-0.4, -0.2) is 22.1 Å². The lowest BCUT2D eigenvalue weighted by Crippen LogP contribution is -1.93. The van der Waals surface area contributed by atoms with Crippen molar-refractivity contribution >= 4 is 10.9 Å². The third kappa shape index (κ3) is 3.12. The van der Waals surface area contributed by atoms with E-state index in [0.29, 0.717) is 5.75 Å². The molecular formula is C20H15N3O2. The molecule has 5 heteroatoms. The predicted molar refractivity (Wildman–Crippen MR) is 95.8 cm³/mol. The maximum atomic E-state index is 5.81. The largest absolute Gasteiger partial charge is 0.497 e. The minimum Gasteiger partial charge on any atom is -0.497 e. The Morgan fingerprint density at radius 3 is 2.28 bits per heavy atom. The lowest BCUT2D eigenvalue weighted by atomic mass is 10.1. The zero-order valence-corrected chi connectivity index (χ0v) is 13.6. The fraction of sp³-hybridized carbons (Fsp3) is 0.0500. The molecule has 2 heterocycles. The van der Waals surface area contributed by atoms with Crippen molar-refractivity contribution in [3.05, 3.63) is 73.2 Å². The van der Waals surface area contributed by atoms with E-state index in [2.05, 4.69) is 15.0 Å². The molecule has 2 aromatic heterocycles. The summed E-state index contributed by atoms with van der Waals surface area (Å²) in [5.74, 6) is 1.45. The molecule has 0 spiro atoms. The average Bonchev–Trinajstić information content (AvgIpc) is 2.69. The van der Waals surface area contributed by atoms with Crippen molar-refractivity contribution in [1.29, 1.82) is 0 Å². The van der Waals surface area contributed by atoms with E-state index in [1.54, 1.807) is 25.7 Å². The van der Waals surface area contributed by atoms with Crippen LogP contribution in [0.4, 0.5) is 0 Å². The predicted octanol–water partition coefficient (Wildman–Crippen LogP) is 4.49. The van der Waals surface area contributed by atoms with Crippen molar-refractivity contribution in [2.45, 2.75) is 0 Å². The van der Waals surface area contributed by atoms with E-state index in [9.17, 15) is 0 Å². The summed E-state index contributed by atoms with van der Waals surface area (Å²) in [5.41, 5.74) is 2.71. The van der Waals surface area contributed by atoms with Crippen LogP contribution >= 0.6 is 0 Å². The topological polar surface area (TPSA) is 57.1 Å². The first kappa shape index (κ1) is 15.1. The van der Waals surface area contributed by atoms with Gasteiger partial charge in [-0.2, -0.15) is 0 Å². The molecule has 0 atom stereocenters.